The maximum Gasteiger partial charge on any atom is 0.133 e. The summed E-state index contributed by atoms with van der Waals surface area (Å²) in [5.41, 5.74) is 0.0261. The quantitative estimate of drug-likeness (QED) is 0.725. The van der Waals surface area contributed by atoms with Crippen molar-refractivity contribution in [1.29, 1.82) is 5.26 Å². The number of hydrogen-bond donors (Lipinski definition) is 0. The van der Waals surface area contributed by atoms with Crippen LogP contribution in [0.15, 0.2) is 24.3 Å². The number of rotatable bonds is 1. The fourth-order valence-electron chi connectivity index (χ4n) is 2.21. The number of ketones is 1. The molecule has 0 spiro atoms. The molecule has 1 aromatic rings. The summed E-state index contributed by atoms with van der Waals surface area (Å²) in [5, 5.41) is 9.29. The number of carbonyl (C=O) groups is 1. The van der Waals surface area contributed by atoms with E-state index in [1.165, 1.54) is 12.1 Å². The van der Waals surface area contributed by atoms with Crippen LogP contribution in [-0.2, 0) is 10.2 Å². The van der Waals surface area contributed by atoms with Crippen molar-refractivity contribution < 1.29 is 9.18 Å². The van der Waals surface area contributed by atoms with Gasteiger partial charge in [0.1, 0.15) is 11.6 Å². The normalized spacial score (nSPS) is 19.1. The topological polar surface area (TPSA) is 40.9 Å². The zero-order chi connectivity index (χ0) is 11.6. The zero-order valence-corrected chi connectivity index (χ0v) is 8.87. The summed E-state index contributed by atoms with van der Waals surface area (Å²) in [6, 6.07) is 8.41. The molecule has 0 atom stereocenters. The Hall–Kier alpha value is -1.69. The molecule has 0 aliphatic heterocycles. The first-order chi connectivity index (χ1) is 7.66. The minimum Gasteiger partial charge on any atom is -0.300 e. The van der Waals surface area contributed by atoms with E-state index in [4.69, 9.17) is 0 Å². The van der Waals surface area contributed by atoms with E-state index in [1.54, 1.807) is 12.1 Å². The van der Waals surface area contributed by atoms with E-state index in [2.05, 4.69) is 6.07 Å². The number of nitriles is 1. The lowest BCUT2D eigenvalue weighted by Gasteiger charge is -2.30. The minimum absolute atomic E-state index is 0.197. The fourth-order valence-corrected chi connectivity index (χ4v) is 2.21. The third-order valence-electron chi connectivity index (χ3n) is 3.25. The first-order valence-electron chi connectivity index (χ1n) is 5.35. The van der Waals surface area contributed by atoms with Crippen LogP contribution in [0.25, 0.3) is 0 Å². The number of benzene rings is 1. The van der Waals surface area contributed by atoms with Crippen molar-refractivity contribution in [3.8, 4) is 6.07 Å². The van der Waals surface area contributed by atoms with E-state index in [-0.39, 0.29) is 11.6 Å². The van der Waals surface area contributed by atoms with Gasteiger partial charge < -0.3 is 0 Å². The molecule has 0 heterocycles. The average molecular weight is 217 g/mol. The van der Waals surface area contributed by atoms with Gasteiger partial charge in [-0.15, -0.1) is 0 Å². The van der Waals surface area contributed by atoms with Crippen molar-refractivity contribution in [1.82, 2.24) is 0 Å². The van der Waals surface area contributed by atoms with Crippen LogP contribution in [0.1, 0.15) is 31.2 Å². The zero-order valence-electron chi connectivity index (χ0n) is 8.87. The SMILES string of the molecule is N#CC1(c2cccc(F)c2)CCC(=O)CC1. The van der Waals surface area contributed by atoms with Gasteiger partial charge in [0.2, 0.25) is 0 Å². The molecule has 0 radical (unpaired) electrons. The molecule has 0 unspecified atom stereocenters. The summed E-state index contributed by atoms with van der Waals surface area (Å²) in [4.78, 5) is 11.2. The number of Topliss-reactive ketones (excluding diaryl/α,β-unsaturated/α-hetero) is 1. The summed E-state index contributed by atoms with van der Waals surface area (Å²) in [5.74, 6) is -0.133. The van der Waals surface area contributed by atoms with E-state index in [1.807, 2.05) is 0 Å². The number of halogens is 1. The first-order valence-corrected chi connectivity index (χ1v) is 5.35. The highest BCUT2D eigenvalue weighted by Crippen LogP contribution is 2.37. The largest absolute Gasteiger partial charge is 0.300 e. The van der Waals surface area contributed by atoms with Gasteiger partial charge in [-0.1, -0.05) is 12.1 Å². The van der Waals surface area contributed by atoms with Gasteiger partial charge >= 0.3 is 0 Å². The summed E-state index contributed by atoms with van der Waals surface area (Å²) in [6.45, 7) is 0. The Kier molecular flexibility index (Phi) is 2.74. The molecule has 2 rings (SSSR count). The maximum atomic E-state index is 13.1. The maximum absolute atomic E-state index is 13.1. The highest BCUT2D eigenvalue weighted by molar-refractivity contribution is 5.80. The Labute approximate surface area is 93.7 Å². The van der Waals surface area contributed by atoms with E-state index in [0.717, 1.165) is 0 Å². The second-order valence-corrected chi connectivity index (χ2v) is 4.24. The number of hydrogen-bond acceptors (Lipinski definition) is 2. The summed E-state index contributed by atoms with van der Waals surface area (Å²) >= 11 is 0. The number of carbonyl (C=O) groups excluding carboxylic acids is 1. The molecule has 0 saturated heterocycles. The van der Waals surface area contributed by atoms with Crippen LogP contribution in [-0.4, -0.2) is 5.78 Å². The third-order valence-corrected chi connectivity index (χ3v) is 3.25. The molecule has 1 aromatic carbocycles. The van der Waals surface area contributed by atoms with Crippen LogP contribution in [0.4, 0.5) is 4.39 Å². The van der Waals surface area contributed by atoms with Crippen molar-refractivity contribution in [2.45, 2.75) is 31.1 Å². The molecule has 2 nitrogen and oxygen atoms in total. The van der Waals surface area contributed by atoms with Crippen molar-refractivity contribution in [2.24, 2.45) is 0 Å². The van der Waals surface area contributed by atoms with Crippen molar-refractivity contribution in [3.05, 3.63) is 35.6 Å². The minimum atomic E-state index is -0.671. The third kappa shape index (κ3) is 1.83. The predicted molar refractivity (Wildman–Crippen MR) is 57.2 cm³/mol. The lowest BCUT2D eigenvalue weighted by molar-refractivity contribution is -0.120. The van der Waals surface area contributed by atoms with Gasteiger partial charge in [-0.25, -0.2) is 4.39 Å². The van der Waals surface area contributed by atoms with Crippen LogP contribution in [0.3, 0.4) is 0 Å². The van der Waals surface area contributed by atoms with Crippen molar-refractivity contribution in [2.75, 3.05) is 0 Å². The molecule has 1 aliphatic rings. The highest BCUT2D eigenvalue weighted by Gasteiger charge is 2.36. The van der Waals surface area contributed by atoms with Gasteiger partial charge in [0.05, 0.1) is 11.5 Å². The van der Waals surface area contributed by atoms with Gasteiger partial charge in [-0.05, 0) is 30.5 Å². The van der Waals surface area contributed by atoms with E-state index in [9.17, 15) is 14.4 Å². The summed E-state index contributed by atoms with van der Waals surface area (Å²) in [7, 11) is 0. The molecular formula is C13H12FNO. The Bertz CT molecular complexity index is 451. The summed E-state index contributed by atoms with van der Waals surface area (Å²) < 4.78 is 13.1. The molecule has 0 amide bonds. The Morgan fingerprint density at radius 3 is 2.56 bits per heavy atom. The van der Waals surface area contributed by atoms with E-state index >= 15 is 0 Å². The van der Waals surface area contributed by atoms with Crippen LogP contribution >= 0.6 is 0 Å². The van der Waals surface area contributed by atoms with Crippen molar-refractivity contribution in [3.63, 3.8) is 0 Å². The van der Waals surface area contributed by atoms with E-state index in [0.29, 0.717) is 31.2 Å². The van der Waals surface area contributed by atoms with Crippen LogP contribution in [0.5, 0.6) is 0 Å². The van der Waals surface area contributed by atoms with Gasteiger partial charge in [0.15, 0.2) is 0 Å². The molecule has 1 aliphatic carbocycles. The molecular weight excluding hydrogens is 205 g/mol. The molecule has 16 heavy (non-hydrogen) atoms. The average Bonchev–Trinajstić information content (AvgIpc) is 2.31. The molecule has 0 N–H and O–H groups in total. The first kappa shape index (κ1) is 10.8. The van der Waals surface area contributed by atoms with Crippen LogP contribution in [0, 0.1) is 17.1 Å². The second kappa shape index (κ2) is 4.05. The molecule has 3 heteroatoms. The molecule has 82 valence electrons. The highest BCUT2D eigenvalue weighted by atomic mass is 19.1. The fraction of sp³-hybridized carbons (Fsp3) is 0.385. The van der Waals surface area contributed by atoms with Crippen LogP contribution < -0.4 is 0 Å². The van der Waals surface area contributed by atoms with Crippen LogP contribution in [0.2, 0.25) is 0 Å². The smallest absolute Gasteiger partial charge is 0.133 e. The monoisotopic (exact) mass is 217 g/mol. The van der Waals surface area contributed by atoms with Crippen molar-refractivity contribution >= 4 is 5.78 Å². The molecule has 1 fully saturated rings. The second-order valence-electron chi connectivity index (χ2n) is 4.24. The summed E-state index contributed by atoms with van der Waals surface area (Å²) in [6.07, 6.45) is 1.85. The standard InChI is InChI=1S/C13H12FNO/c14-11-3-1-2-10(8-11)13(9-15)6-4-12(16)5-7-13/h1-3,8H,4-7H2. The number of nitrogens with zero attached hydrogens (tertiary/aromatic N) is 1. The van der Waals surface area contributed by atoms with Gasteiger partial charge in [0.25, 0.3) is 0 Å². The molecule has 0 bridgehead atoms. The van der Waals surface area contributed by atoms with Gasteiger partial charge in [-0.2, -0.15) is 5.26 Å². The van der Waals surface area contributed by atoms with E-state index < -0.39 is 5.41 Å². The Morgan fingerprint density at radius 1 is 1.31 bits per heavy atom. The lowest BCUT2D eigenvalue weighted by atomic mass is 9.70. The van der Waals surface area contributed by atoms with Gasteiger partial charge in [0, 0.05) is 12.8 Å². The Morgan fingerprint density at radius 2 is 2.00 bits per heavy atom. The Balaban J connectivity index is 2.36. The molecule has 0 aromatic heterocycles. The van der Waals surface area contributed by atoms with Gasteiger partial charge in [-0.3, -0.25) is 4.79 Å². The lowest BCUT2D eigenvalue weighted by Crippen LogP contribution is -2.30. The molecule has 1 saturated carbocycles. The predicted octanol–water partition coefficient (Wildman–Crippen LogP) is 2.73.